The number of aromatic nitrogens is 2. The molecule has 0 unspecified atom stereocenters. The van der Waals surface area contributed by atoms with E-state index in [1.807, 2.05) is 0 Å². The molecule has 1 aromatic carbocycles. The van der Waals surface area contributed by atoms with E-state index in [2.05, 4.69) is 15.5 Å². The summed E-state index contributed by atoms with van der Waals surface area (Å²) in [4.78, 5) is 27.9. The molecule has 0 atom stereocenters. The number of carboxylic acids is 1. The van der Waals surface area contributed by atoms with Crippen molar-refractivity contribution in [2.75, 3.05) is 19.8 Å². The molecule has 2 N–H and O–H groups in total. The van der Waals surface area contributed by atoms with E-state index >= 15 is 0 Å². The quantitative estimate of drug-likeness (QED) is 0.743. The maximum atomic E-state index is 13.7. The number of nitrogens with zero attached hydrogens (tertiary/aromatic N) is 2. The molecule has 1 saturated heterocycles. The molecule has 2 heterocycles. The van der Waals surface area contributed by atoms with E-state index in [4.69, 9.17) is 9.26 Å². The Hall–Kier alpha value is -2.81. The van der Waals surface area contributed by atoms with E-state index < -0.39 is 11.4 Å². The summed E-state index contributed by atoms with van der Waals surface area (Å²) < 4.78 is 24.0. The molecule has 8 nitrogen and oxygen atoms in total. The maximum Gasteiger partial charge on any atom is 0.311 e. The van der Waals surface area contributed by atoms with Gasteiger partial charge in [-0.05, 0) is 31.4 Å². The standard InChI is InChI=1S/C19H22FN3O5/c1-12-2-3-13(10-14(12)20)17-22-16(28-23-17)5-4-15(24)21-11-19(18(25)26)6-8-27-9-7-19/h2-3,10H,4-9,11H2,1H3,(H,21,24)(H,25,26). The van der Waals surface area contributed by atoms with Gasteiger partial charge in [-0.3, -0.25) is 9.59 Å². The summed E-state index contributed by atoms with van der Waals surface area (Å²) in [6, 6.07) is 4.65. The summed E-state index contributed by atoms with van der Waals surface area (Å²) >= 11 is 0. The number of hydrogen-bond donors (Lipinski definition) is 2. The van der Waals surface area contributed by atoms with Gasteiger partial charge in [0.25, 0.3) is 0 Å². The number of nitrogens with one attached hydrogen (secondary N) is 1. The zero-order valence-corrected chi connectivity index (χ0v) is 15.5. The lowest BCUT2D eigenvalue weighted by molar-refractivity contribution is -0.154. The molecule has 1 aliphatic heterocycles. The Morgan fingerprint density at radius 3 is 2.75 bits per heavy atom. The summed E-state index contributed by atoms with van der Waals surface area (Å²) in [6.45, 7) is 2.45. The van der Waals surface area contributed by atoms with E-state index in [0.717, 1.165) is 0 Å². The van der Waals surface area contributed by atoms with Crippen LogP contribution in [0.15, 0.2) is 22.7 Å². The number of amides is 1. The molecule has 1 amide bonds. The molecule has 3 rings (SSSR count). The Morgan fingerprint density at radius 1 is 1.32 bits per heavy atom. The van der Waals surface area contributed by atoms with E-state index in [9.17, 15) is 19.1 Å². The molecule has 0 aliphatic carbocycles. The number of aryl methyl sites for hydroxylation is 2. The van der Waals surface area contributed by atoms with Crippen LogP contribution in [0.3, 0.4) is 0 Å². The molecule has 28 heavy (non-hydrogen) atoms. The second-order valence-corrected chi connectivity index (χ2v) is 6.95. The number of rotatable bonds is 7. The van der Waals surface area contributed by atoms with Crippen molar-refractivity contribution in [2.45, 2.75) is 32.6 Å². The molecule has 0 spiro atoms. The fourth-order valence-electron chi connectivity index (χ4n) is 3.01. The van der Waals surface area contributed by atoms with Gasteiger partial charge in [0.1, 0.15) is 5.82 Å². The third kappa shape index (κ3) is 4.53. The minimum absolute atomic E-state index is 0.0578. The van der Waals surface area contributed by atoms with Crippen molar-refractivity contribution in [3.63, 3.8) is 0 Å². The van der Waals surface area contributed by atoms with Crippen LogP contribution in [0.1, 0.15) is 30.7 Å². The third-order valence-electron chi connectivity index (χ3n) is 4.99. The second kappa shape index (κ2) is 8.47. The predicted octanol–water partition coefficient (Wildman–Crippen LogP) is 2.11. The van der Waals surface area contributed by atoms with Crippen LogP contribution in [0.2, 0.25) is 0 Å². The number of halogens is 1. The highest BCUT2D eigenvalue weighted by Gasteiger charge is 2.40. The number of carboxylic acid groups (broad SMARTS) is 1. The highest BCUT2D eigenvalue weighted by Crippen LogP contribution is 2.30. The number of hydrogen-bond acceptors (Lipinski definition) is 6. The van der Waals surface area contributed by atoms with Crippen LogP contribution in [-0.4, -0.2) is 46.9 Å². The lowest BCUT2D eigenvalue weighted by atomic mass is 9.80. The number of carbonyl (C=O) groups is 2. The Morgan fingerprint density at radius 2 is 2.07 bits per heavy atom. The molecule has 1 fully saturated rings. The smallest absolute Gasteiger partial charge is 0.311 e. The summed E-state index contributed by atoms with van der Waals surface area (Å²) in [5.41, 5.74) is 0.0272. The van der Waals surface area contributed by atoms with E-state index in [1.165, 1.54) is 6.07 Å². The minimum Gasteiger partial charge on any atom is -0.481 e. The first kappa shape index (κ1) is 19.9. The molecule has 150 valence electrons. The average molecular weight is 391 g/mol. The monoisotopic (exact) mass is 391 g/mol. The van der Waals surface area contributed by atoms with Crippen LogP contribution >= 0.6 is 0 Å². The SMILES string of the molecule is Cc1ccc(-c2noc(CCC(=O)NCC3(C(=O)O)CCOCC3)n2)cc1F. The van der Waals surface area contributed by atoms with Crippen molar-refractivity contribution in [1.29, 1.82) is 0 Å². The average Bonchev–Trinajstić information content (AvgIpc) is 3.16. The van der Waals surface area contributed by atoms with Crippen LogP contribution in [0.25, 0.3) is 11.4 Å². The van der Waals surface area contributed by atoms with Crippen molar-refractivity contribution in [1.82, 2.24) is 15.5 Å². The van der Waals surface area contributed by atoms with Crippen LogP contribution in [0.4, 0.5) is 4.39 Å². The molecule has 1 aliphatic rings. The van der Waals surface area contributed by atoms with Gasteiger partial charge in [-0.25, -0.2) is 4.39 Å². The van der Waals surface area contributed by atoms with Crippen molar-refractivity contribution >= 4 is 11.9 Å². The first-order chi connectivity index (χ1) is 13.4. The van der Waals surface area contributed by atoms with Crippen LogP contribution in [-0.2, 0) is 20.7 Å². The van der Waals surface area contributed by atoms with Crippen molar-refractivity contribution in [3.05, 3.63) is 35.5 Å². The largest absolute Gasteiger partial charge is 0.481 e. The lowest BCUT2D eigenvalue weighted by Crippen LogP contribution is -2.46. The van der Waals surface area contributed by atoms with Gasteiger partial charge in [-0.2, -0.15) is 4.98 Å². The van der Waals surface area contributed by atoms with E-state index in [0.29, 0.717) is 37.2 Å². The van der Waals surface area contributed by atoms with Gasteiger partial charge >= 0.3 is 5.97 Å². The predicted molar refractivity (Wildman–Crippen MR) is 95.9 cm³/mol. The molecule has 2 aromatic rings. The normalized spacial score (nSPS) is 15.9. The van der Waals surface area contributed by atoms with Crippen LogP contribution in [0.5, 0.6) is 0 Å². The van der Waals surface area contributed by atoms with Gasteiger partial charge in [-0.1, -0.05) is 17.3 Å². The molecule has 1 aromatic heterocycles. The van der Waals surface area contributed by atoms with Crippen molar-refractivity contribution < 1.29 is 28.3 Å². The Balaban J connectivity index is 1.53. The third-order valence-corrected chi connectivity index (χ3v) is 4.99. The molecule has 9 heteroatoms. The zero-order valence-electron chi connectivity index (χ0n) is 15.5. The first-order valence-corrected chi connectivity index (χ1v) is 9.07. The number of aliphatic carboxylic acids is 1. The second-order valence-electron chi connectivity index (χ2n) is 6.95. The lowest BCUT2D eigenvalue weighted by Gasteiger charge is -2.33. The molecule has 0 bridgehead atoms. The van der Waals surface area contributed by atoms with Crippen molar-refractivity contribution in [3.8, 4) is 11.4 Å². The Bertz CT molecular complexity index is 861. The Kier molecular flexibility index (Phi) is 6.03. The molecular formula is C19H22FN3O5. The highest BCUT2D eigenvalue weighted by molar-refractivity contribution is 5.79. The topological polar surface area (TPSA) is 115 Å². The maximum absolute atomic E-state index is 13.7. The molecule has 0 saturated carbocycles. The van der Waals surface area contributed by atoms with Crippen LogP contribution in [0, 0.1) is 18.2 Å². The number of carbonyl (C=O) groups excluding carboxylic acids is 1. The Labute approximate surface area is 161 Å². The van der Waals surface area contributed by atoms with E-state index in [1.54, 1.807) is 19.1 Å². The summed E-state index contributed by atoms with van der Waals surface area (Å²) in [7, 11) is 0. The summed E-state index contributed by atoms with van der Waals surface area (Å²) in [5, 5.41) is 16.0. The van der Waals surface area contributed by atoms with Gasteiger partial charge in [0, 0.05) is 38.2 Å². The van der Waals surface area contributed by atoms with Gasteiger partial charge in [0.2, 0.25) is 17.6 Å². The van der Waals surface area contributed by atoms with Gasteiger partial charge in [0.15, 0.2) is 0 Å². The highest BCUT2D eigenvalue weighted by atomic mass is 19.1. The fourth-order valence-corrected chi connectivity index (χ4v) is 3.01. The number of ether oxygens (including phenoxy) is 1. The molecular weight excluding hydrogens is 369 g/mol. The van der Waals surface area contributed by atoms with Gasteiger partial charge in [0.05, 0.1) is 5.41 Å². The number of benzene rings is 1. The van der Waals surface area contributed by atoms with Gasteiger partial charge in [-0.15, -0.1) is 0 Å². The molecule has 0 radical (unpaired) electrons. The van der Waals surface area contributed by atoms with Gasteiger partial charge < -0.3 is 19.7 Å². The minimum atomic E-state index is -0.985. The van der Waals surface area contributed by atoms with Crippen LogP contribution < -0.4 is 5.32 Å². The zero-order chi connectivity index (χ0) is 20.1. The van der Waals surface area contributed by atoms with E-state index in [-0.39, 0.29) is 42.8 Å². The first-order valence-electron chi connectivity index (χ1n) is 9.07. The summed E-state index contributed by atoms with van der Waals surface area (Å²) in [5.74, 6) is -1.08. The summed E-state index contributed by atoms with van der Waals surface area (Å²) in [6.07, 6.45) is 1.01. The van der Waals surface area contributed by atoms with Crippen molar-refractivity contribution in [2.24, 2.45) is 5.41 Å². The fraction of sp³-hybridized carbons (Fsp3) is 0.474.